The van der Waals surface area contributed by atoms with Crippen LogP contribution in [0.5, 0.6) is 0 Å². The number of rotatable bonds is 4. The second-order valence-corrected chi connectivity index (χ2v) is 8.07. The molecule has 0 aliphatic carbocycles. The van der Waals surface area contributed by atoms with Gasteiger partial charge in [0.2, 0.25) is 0 Å². The maximum atomic E-state index is 10.9. The van der Waals surface area contributed by atoms with Crippen molar-refractivity contribution in [2.24, 2.45) is 5.41 Å². The number of carboxylic acids is 1. The average molecular weight is 204 g/mol. The molecule has 2 nitrogen and oxygen atoms in total. The summed E-state index contributed by atoms with van der Waals surface area (Å²) >= 11 is 0. The Bertz CT molecular complexity index is 195. The van der Waals surface area contributed by atoms with Crippen molar-refractivity contribution in [1.29, 1.82) is 0 Å². The molecule has 0 aliphatic rings. The van der Waals surface area contributed by atoms with E-state index in [0.717, 1.165) is 6.42 Å². The summed E-state index contributed by atoms with van der Waals surface area (Å²) in [5, 5.41) is 9.14. The summed E-state index contributed by atoms with van der Waals surface area (Å²) in [7, 11) is -0.0962. The third-order valence-corrected chi connectivity index (χ3v) is 5.24. The van der Waals surface area contributed by atoms with E-state index in [4.69, 9.17) is 5.11 Å². The van der Waals surface area contributed by atoms with Crippen LogP contribution in [0.3, 0.4) is 0 Å². The molecule has 0 amide bonds. The molecule has 0 radical (unpaired) electrons. The maximum Gasteiger partial charge on any atom is 0.309 e. The van der Waals surface area contributed by atoms with E-state index in [9.17, 15) is 4.79 Å². The topological polar surface area (TPSA) is 37.3 Å². The van der Waals surface area contributed by atoms with Crippen LogP contribution in [0.2, 0.25) is 0 Å². The Labute approximate surface area is 82.5 Å². The number of aliphatic carboxylic acids is 1. The van der Waals surface area contributed by atoms with Gasteiger partial charge in [0, 0.05) is 0 Å². The Balaban J connectivity index is 4.52. The van der Waals surface area contributed by atoms with Gasteiger partial charge in [-0.1, -0.05) is 13.8 Å². The van der Waals surface area contributed by atoms with Crippen molar-refractivity contribution in [3.63, 3.8) is 0 Å². The second-order valence-electron chi connectivity index (χ2n) is 5.07. The van der Waals surface area contributed by atoms with E-state index in [-0.39, 0.29) is 13.1 Å². The molecule has 0 spiro atoms. The van der Waals surface area contributed by atoms with Crippen molar-refractivity contribution < 1.29 is 9.90 Å². The summed E-state index contributed by atoms with van der Waals surface area (Å²) < 4.78 is 0. The molecule has 0 rings (SSSR count). The lowest BCUT2D eigenvalue weighted by Crippen LogP contribution is -2.32. The summed E-state index contributed by atoms with van der Waals surface area (Å²) in [5.41, 5.74) is -0.601. The van der Waals surface area contributed by atoms with Gasteiger partial charge in [-0.15, -0.1) is 7.92 Å². The van der Waals surface area contributed by atoms with Gasteiger partial charge < -0.3 is 5.11 Å². The molecule has 0 fully saturated rings. The molecule has 0 atom stereocenters. The molecule has 0 saturated heterocycles. The van der Waals surface area contributed by atoms with Gasteiger partial charge in [-0.05, 0) is 38.8 Å². The van der Waals surface area contributed by atoms with E-state index in [1.54, 1.807) is 13.8 Å². The Kier molecular flexibility index (Phi) is 3.93. The maximum absolute atomic E-state index is 10.9. The van der Waals surface area contributed by atoms with E-state index < -0.39 is 11.4 Å². The quantitative estimate of drug-likeness (QED) is 0.715. The average Bonchev–Trinajstić information content (AvgIpc) is 1.83. The van der Waals surface area contributed by atoms with E-state index >= 15 is 0 Å². The van der Waals surface area contributed by atoms with Crippen molar-refractivity contribution in [3.05, 3.63) is 0 Å². The molecule has 0 aliphatic heterocycles. The first-order valence-electron chi connectivity index (χ1n) is 4.50. The van der Waals surface area contributed by atoms with Crippen LogP contribution >= 0.6 is 7.92 Å². The number of carboxylic acid groups (broad SMARTS) is 1. The Morgan fingerprint density at radius 1 is 1.23 bits per heavy atom. The highest BCUT2D eigenvalue weighted by Gasteiger charge is 2.35. The summed E-state index contributed by atoms with van der Waals surface area (Å²) in [5.74, 6) is -0.697. The van der Waals surface area contributed by atoms with Crippen LogP contribution in [0, 0.1) is 5.41 Å². The highest BCUT2D eigenvalue weighted by molar-refractivity contribution is 7.57. The minimum atomic E-state index is -0.697. The van der Waals surface area contributed by atoms with Crippen LogP contribution in [0.1, 0.15) is 34.1 Å². The molecule has 0 unspecified atom stereocenters. The molecular weight excluding hydrogens is 183 g/mol. The van der Waals surface area contributed by atoms with Gasteiger partial charge in [0.05, 0.1) is 5.41 Å². The van der Waals surface area contributed by atoms with Crippen LogP contribution in [0.4, 0.5) is 0 Å². The Morgan fingerprint density at radius 3 is 1.85 bits per heavy atom. The SMILES string of the molecule is CP(C)C(C)(C)CC(C)(C)C(=O)O. The van der Waals surface area contributed by atoms with E-state index in [2.05, 4.69) is 27.2 Å². The molecule has 1 N–H and O–H groups in total. The fourth-order valence-electron chi connectivity index (χ4n) is 1.32. The van der Waals surface area contributed by atoms with Crippen molar-refractivity contribution >= 4 is 13.9 Å². The standard InChI is InChI=1S/C10H21O2P/c1-9(2,8(11)12)7-10(3,4)13(5)6/h7H2,1-6H3,(H,11,12). The van der Waals surface area contributed by atoms with E-state index in [0.29, 0.717) is 0 Å². The van der Waals surface area contributed by atoms with Crippen LogP contribution in [0.25, 0.3) is 0 Å². The molecule has 0 saturated carbocycles. The lowest BCUT2D eigenvalue weighted by atomic mass is 9.84. The lowest BCUT2D eigenvalue weighted by Gasteiger charge is -2.35. The van der Waals surface area contributed by atoms with Gasteiger partial charge in [-0.2, -0.15) is 0 Å². The fraction of sp³-hybridized carbons (Fsp3) is 0.900. The van der Waals surface area contributed by atoms with Gasteiger partial charge >= 0.3 is 5.97 Å². The van der Waals surface area contributed by atoms with Crippen LogP contribution in [-0.2, 0) is 4.79 Å². The molecule has 0 heterocycles. The first-order chi connectivity index (χ1) is 5.59. The molecular formula is C10H21O2P. The first-order valence-corrected chi connectivity index (χ1v) is 6.74. The van der Waals surface area contributed by atoms with E-state index in [1.165, 1.54) is 0 Å². The molecule has 0 bridgehead atoms. The van der Waals surface area contributed by atoms with Gasteiger partial charge in [-0.3, -0.25) is 4.79 Å². The van der Waals surface area contributed by atoms with Gasteiger partial charge in [0.25, 0.3) is 0 Å². The van der Waals surface area contributed by atoms with Gasteiger partial charge in [0.1, 0.15) is 0 Å². The predicted octanol–water partition coefficient (Wildman–Crippen LogP) is 3.01. The van der Waals surface area contributed by atoms with Crippen LogP contribution in [0.15, 0.2) is 0 Å². The Hall–Kier alpha value is -0.100. The molecule has 78 valence electrons. The second kappa shape index (κ2) is 3.96. The Morgan fingerprint density at radius 2 is 1.62 bits per heavy atom. The molecule has 0 aromatic heterocycles. The third kappa shape index (κ3) is 3.64. The molecule has 13 heavy (non-hydrogen) atoms. The predicted molar refractivity (Wildman–Crippen MR) is 58.9 cm³/mol. The smallest absolute Gasteiger partial charge is 0.309 e. The van der Waals surface area contributed by atoms with Crippen molar-refractivity contribution in [1.82, 2.24) is 0 Å². The normalized spacial score (nSPS) is 13.5. The minimum Gasteiger partial charge on any atom is -0.481 e. The zero-order valence-electron chi connectivity index (χ0n) is 9.51. The van der Waals surface area contributed by atoms with Crippen molar-refractivity contribution in [3.8, 4) is 0 Å². The zero-order valence-corrected chi connectivity index (χ0v) is 10.4. The van der Waals surface area contributed by atoms with Gasteiger partial charge in [-0.25, -0.2) is 0 Å². The summed E-state index contributed by atoms with van der Waals surface area (Å²) in [6.45, 7) is 12.3. The third-order valence-electron chi connectivity index (χ3n) is 2.66. The minimum absolute atomic E-state index is 0.0962. The molecule has 0 aromatic rings. The number of hydrogen-bond donors (Lipinski definition) is 1. The number of carbonyl (C=O) groups is 1. The summed E-state index contributed by atoms with van der Waals surface area (Å²) in [6, 6.07) is 0. The zero-order chi connectivity index (χ0) is 10.9. The van der Waals surface area contributed by atoms with Crippen LogP contribution < -0.4 is 0 Å². The first kappa shape index (κ1) is 12.9. The highest BCUT2D eigenvalue weighted by atomic mass is 31.1. The largest absolute Gasteiger partial charge is 0.481 e. The summed E-state index contributed by atoms with van der Waals surface area (Å²) in [4.78, 5) is 10.9. The molecule has 3 heteroatoms. The van der Waals surface area contributed by atoms with Crippen LogP contribution in [-0.4, -0.2) is 29.6 Å². The highest BCUT2D eigenvalue weighted by Crippen LogP contribution is 2.48. The summed E-state index contributed by atoms with van der Waals surface area (Å²) in [6.07, 6.45) is 0.744. The van der Waals surface area contributed by atoms with Gasteiger partial charge in [0.15, 0.2) is 0 Å². The number of hydrogen-bond acceptors (Lipinski definition) is 1. The van der Waals surface area contributed by atoms with Crippen molar-refractivity contribution in [2.75, 3.05) is 13.3 Å². The fourth-order valence-corrected chi connectivity index (χ4v) is 2.03. The monoisotopic (exact) mass is 204 g/mol. The van der Waals surface area contributed by atoms with Crippen molar-refractivity contribution in [2.45, 2.75) is 39.3 Å². The lowest BCUT2D eigenvalue weighted by molar-refractivity contribution is -0.147. The molecule has 0 aromatic carbocycles. The van der Waals surface area contributed by atoms with E-state index in [1.807, 2.05) is 0 Å².